The van der Waals surface area contributed by atoms with E-state index in [0.29, 0.717) is 12.5 Å². The lowest BCUT2D eigenvalue weighted by molar-refractivity contribution is -0.117. The predicted octanol–water partition coefficient (Wildman–Crippen LogP) is 2.30. The van der Waals surface area contributed by atoms with Crippen LogP contribution in [0.15, 0.2) is 18.2 Å². The van der Waals surface area contributed by atoms with E-state index in [2.05, 4.69) is 30.1 Å². The molecule has 0 aliphatic carbocycles. The van der Waals surface area contributed by atoms with Crippen molar-refractivity contribution in [3.8, 4) is 0 Å². The van der Waals surface area contributed by atoms with Crippen LogP contribution < -0.4 is 11.1 Å². The number of nitrogens with zero attached hydrogens (tertiary/aromatic N) is 1. The van der Waals surface area contributed by atoms with Gasteiger partial charge < -0.3 is 11.1 Å². The molecule has 4 heteroatoms. The molecule has 1 saturated heterocycles. The lowest BCUT2D eigenvalue weighted by Crippen LogP contribution is -2.48. The molecule has 1 aromatic carbocycles. The van der Waals surface area contributed by atoms with Crippen LogP contribution in [-0.4, -0.2) is 36.5 Å². The topological polar surface area (TPSA) is 58.4 Å². The molecule has 1 fully saturated rings. The van der Waals surface area contributed by atoms with Gasteiger partial charge in [-0.25, -0.2) is 0 Å². The van der Waals surface area contributed by atoms with E-state index in [1.165, 1.54) is 5.56 Å². The van der Waals surface area contributed by atoms with E-state index >= 15 is 0 Å². The van der Waals surface area contributed by atoms with E-state index in [-0.39, 0.29) is 11.9 Å². The molecular weight excluding hydrogens is 262 g/mol. The molecule has 3 N–H and O–H groups in total. The predicted molar refractivity (Wildman–Crippen MR) is 87.4 cm³/mol. The van der Waals surface area contributed by atoms with Gasteiger partial charge in [0.15, 0.2) is 0 Å². The molecular formula is C17H27N3O. The molecule has 4 nitrogen and oxygen atoms in total. The summed E-state index contributed by atoms with van der Waals surface area (Å²) < 4.78 is 0. The summed E-state index contributed by atoms with van der Waals surface area (Å²) in [4.78, 5) is 14.4. The smallest absolute Gasteiger partial charge is 0.238 e. The Labute approximate surface area is 127 Å². The molecule has 2 unspecified atom stereocenters. The van der Waals surface area contributed by atoms with Crippen molar-refractivity contribution in [2.24, 2.45) is 11.7 Å². The van der Waals surface area contributed by atoms with Crippen LogP contribution >= 0.6 is 0 Å². The molecule has 2 rings (SSSR count). The Morgan fingerprint density at radius 2 is 2.19 bits per heavy atom. The van der Waals surface area contributed by atoms with Gasteiger partial charge in [0.25, 0.3) is 0 Å². The van der Waals surface area contributed by atoms with Crippen molar-refractivity contribution in [2.75, 3.05) is 25.0 Å². The number of amides is 1. The first-order valence-corrected chi connectivity index (χ1v) is 7.84. The van der Waals surface area contributed by atoms with Crippen LogP contribution in [-0.2, 0) is 4.79 Å². The number of anilines is 1. The van der Waals surface area contributed by atoms with E-state index in [9.17, 15) is 4.79 Å². The van der Waals surface area contributed by atoms with Crippen molar-refractivity contribution in [3.05, 3.63) is 29.3 Å². The fourth-order valence-electron chi connectivity index (χ4n) is 3.05. The molecule has 1 heterocycles. The summed E-state index contributed by atoms with van der Waals surface area (Å²) in [6, 6.07) is 6.37. The standard InChI is InChI=1S/C17H27N3O/c1-4-14-10-20(8-7-15(14)18)11-17(21)19-16-6-5-12(2)9-13(16)3/h5-6,9,14-15H,4,7-8,10-11,18H2,1-3H3,(H,19,21). The number of carbonyl (C=O) groups excluding carboxylic acids is 1. The van der Waals surface area contributed by atoms with Crippen molar-refractivity contribution in [2.45, 2.75) is 39.7 Å². The van der Waals surface area contributed by atoms with E-state index < -0.39 is 0 Å². The summed E-state index contributed by atoms with van der Waals surface area (Å²) >= 11 is 0. The number of nitrogens with one attached hydrogen (secondary N) is 1. The molecule has 0 saturated carbocycles. The van der Waals surface area contributed by atoms with Gasteiger partial charge in [-0.05, 0) is 37.8 Å². The summed E-state index contributed by atoms with van der Waals surface area (Å²) in [6.07, 6.45) is 2.06. The molecule has 21 heavy (non-hydrogen) atoms. The SMILES string of the molecule is CCC1CN(CC(=O)Nc2ccc(C)cc2C)CCC1N. The van der Waals surface area contributed by atoms with E-state index in [1.807, 2.05) is 19.1 Å². The highest BCUT2D eigenvalue weighted by molar-refractivity contribution is 5.93. The third kappa shape index (κ3) is 4.29. The van der Waals surface area contributed by atoms with E-state index in [0.717, 1.165) is 37.2 Å². The number of carbonyl (C=O) groups is 1. The largest absolute Gasteiger partial charge is 0.327 e. The summed E-state index contributed by atoms with van der Waals surface area (Å²) in [5.74, 6) is 0.569. The number of rotatable bonds is 4. The lowest BCUT2D eigenvalue weighted by Gasteiger charge is -2.36. The van der Waals surface area contributed by atoms with Crippen molar-refractivity contribution in [1.82, 2.24) is 4.90 Å². The van der Waals surface area contributed by atoms with E-state index in [4.69, 9.17) is 5.73 Å². The maximum atomic E-state index is 12.2. The quantitative estimate of drug-likeness (QED) is 0.894. The second kappa shape index (κ2) is 7.05. The summed E-state index contributed by atoms with van der Waals surface area (Å²) in [6.45, 7) is 8.55. The van der Waals surface area contributed by atoms with Crippen molar-refractivity contribution >= 4 is 11.6 Å². The molecule has 1 amide bonds. The Morgan fingerprint density at radius 1 is 1.43 bits per heavy atom. The minimum absolute atomic E-state index is 0.0623. The number of aryl methyl sites for hydroxylation is 2. The van der Waals surface area contributed by atoms with Gasteiger partial charge in [0, 0.05) is 24.8 Å². The van der Waals surface area contributed by atoms with E-state index in [1.54, 1.807) is 0 Å². The first-order chi connectivity index (χ1) is 9.99. The molecule has 116 valence electrons. The second-order valence-corrected chi connectivity index (χ2v) is 6.22. The molecule has 0 bridgehead atoms. The van der Waals surface area contributed by atoms with Gasteiger partial charge >= 0.3 is 0 Å². The Hall–Kier alpha value is -1.39. The number of likely N-dealkylation sites (tertiary alicyclic amines) is 1. The first kappa shape index (κ1) is 16.0. The highest BCUT2D eigenvalue weighted by Gasteiger charge is 2.26. The van der Waals surface area contributed by atoms with Gasteiger partial charge in [-0.2, -0.15) is 0 Å². The second-order valence-electron chi connectivity index (χ2n) is 6.22. The zero-order chi connectivity index (χ0) is 15.4. The summed E-state index contributed by atoms with van der Waals surface area (Å²) in [5.41, 5.74) is 9.34. The monoisotopic (exact) mass is 289 g/mol. The van der Waals surface area contributed by atoms with Crippen molar-refractivity contribution in [1.29, 1.82) is 0 Å². The molecule has 0 aromatic heterocycles. The fraction of sp³-hybridized carbons (Fsp3) is 0.588. The van der Waals surface area contributed by atoms with Crippen molar-refractivity contribution in [3.63, 3.8) is 0 Å². The number of hydrogen-bond donors (Lipinski definition) is 2. The van der Waals surface area contributed by atoms with Gasteiger partial charge in [0.05, 0.1) is 6.54 Å². The molecule has 2 atom stereocenters. The van der Waals surface area contributed by atoms with Gasteiger partial charge in [-0.15, -0.1) is 0 Å². The highest BCUT2D eigenvalue weighted by atomic mass is 16.2. The number of piperidine rings is 1. The van der Waals surface area contributed by atoms with Gasteiger partial charge in [0.1, 0.15) is 0 Å². The Bertz CT molecular complexity index is 501. The molecule has 1 aliphatic rings. The normalized spacial score (nSPS) is 23.0. The number of hydrogen-bond acceptors (Lipinski definition) is 3. The minimum Gasteiger partial charge on any atom is -0.327 e. The van der Waals surface area contributed by atoms with Gasteiger partial charge in [-0.1, -0.05) is 31.0 Å². The van der Waals surface area contributed by atoms with Crippen LogP contribution in [0.3, 0.4) is 0 Å². The van der Waals surface area contributed by atoms with Crippen LogP contribution in [0.1, 0.15) is 30.9 Å². The van der Waals surface area contributed by atoms with Gasteiger partial charge in [-0.3, -0.25) is 9.69 Å². The Kier molecular flexibility index (Phi) is 5.37. The molecule has 0 radical (unpaired) electrons. The fourth-order valence-corrected chi connectivity index (χ4v) is 3.05. The van der Waals surface area contributed by atoms with Crippen LogP contribution in [0, 0.1) is 19.8 Å². The molecule has 1 aliphatic heterocycles. The van der Waals surface area contributed by atoms with Gasteiger partial charge in [0.2, 0.25) is 5.91 Å². The third-order valence-corrected chi connectivity index (χ3v) is 4.42. The third-order valence-electron chi connectivity index (χ3n) is 4.42. The zero-order valence-electron chi connectivity index (χ0n) is 13.4. The molecule has 1 aromatic rings. The van der Waals surface area contributed by atoms with Crippen molar-refractivity contribution < 1.29 is 4.79 Å². The average Bonchev–Trinajstić information content (AvgIpc) is 2.44. The maximum absolute atomic E-state index is 12.2. The van der Waals surface area contributed by atoms with Crippen LogP contribution in [0.2, 0.25) is 0 Å². The Balaban J connectivity index is 1.90. The maximum Gasteiger partial charge on any atom is 0.238 e. The minimum atomic E-state index is 0.0623. The first-order valence-electron chi connectivity index (χ1n) is 7.84. The number of benzene rings is 1. The zero-order valence-corrected chi connectivity index (χ0v) is 13.4. The lowest BCUT2D eigenvalue weighted by atomic mass is 9.91. The molecule has 0 spiro atoms. The van der Waals surface area contributed by atoms with Crippen LogP contribution in [0.5, 0.6) is 0 Å². The average molecular weight is 289 g/mol. The summed E-state index contributed by atoms with van der Waals surface area (Å²) in [5, 5.41) is 3.02. The van der Waals surface area contributed by atoms with Crippen LogP contribution in [0.25, 0.3) is 0 Å². The summed E-state index contributed by atoms with van der Waals surface area (Å²) in [7, 11) is 0. The number of nitrogens with two attached hydrogens (primary N) is 1. The highest BCUT2D eigenvalue weighted by Crippen LogP contribution is 2.19. The van der Waals surface area contributed by atoms with Crippen LogP contribution in [0.4, 0.5) is 5.69 Å². The Morgan fingerprint density at radius 3 is 2.86 bits per heavy atom.